The lowest BCUT2D eigenvalue weighted by atomic mass is 10.1. The lowest BCUT2D eigenvalue weighted by Crippen LogP contribution is -2.43. The van der Waals surface area contributed by atoms with Gasteiger partial charge >= 0.3 is 5.91 Å². The number of nitrogens with zero attached hydrogens (tertiary/aromatic N) is 3. The van der Waals surface area contributed by atoms with Gasteiger partial charge in [0.1, 0.15) is 5.75 Å². The Morgan fingerprint density at radius 3 is 2.94 bits per heavy atom. The maximum absolute atomic E-state index is 12.8. The van der Waals surface area contributed by atoms with Crippen LogP contribution in [0.1, 0.15) is 27.6 Å². The van der Waals surface area contributed by atoms with Gasteiger partial charge in [-0.1, -0.05) is 6.07 Å². The monoisotopic (exact) mass is 417 g/mol. The zero-order valence-electron chi connectivity index (χ0n) is 17.2. The van der Waals surface area contributed by atoms with Crippen molar-refractivity contribution in [1.29, 1.82) is 0 Å². The first-order valence-corrected chi connectivity index (χ1v) is 10.3. The summed E-state index contributed by atoms with van der Waals surface area (Å²) in [7, 11) is 1.65. The van der Waals surface area contributed by atoms with E-state index < -0.39 is 5.91 Å². The van der Waals surface area contributed by atoms with Gasteiger partial charge in [0.25, 0.3) is 5.89 Å². The molecule has 1 aromatic carbocycles. The predicted octanol–water partition coefficient (Wildman–Crippen LogP) is 2.84. The summed E-state index contributed by atoms with van der Waals surface area (Å²) in [5.41, 5.74) is 4.85. The van der Waals surface area contributed by atoms with Crippen LogP contribution in [0.15, 0.2) is 47.3 Å². The molecule has 0 atom stereocenters. The van der Waals surface area contributed by atoms with E-state index in [1.807, 2.05) is 30.3 Å². The first kappa shape index (κ1) is 19.3. The molecule has 0 unspecified atom stereocenters. The number of carbonyl (C=O) groups excluding carboxylic acids is 1. The van der Waals surface area contributed by atoms with E-state index in [2.05, 4.69) is 25.5 Å². The van der Waals surface area contributed by atoms with Crippen molar-refractivity contribution in [1.82, 2.24) is 15.3 Å². The fraction of sp³-hybridized carbons (Fsp3) is 0.261. The van der Waals surface area contributed by atoms with Gasteiger partial charge in [0.15, 0.2) is 5.76 Å². The molecule has 2 aromatic heterocycles. The smallest absolute Gasteiger partial charge is 0.311 e. The average Bonchev–Trinajstić information content (AvgIpc) is 3.47. The Morgan fingerprint density at radius 1 is 1.23 bits per heavy atom. The largest absolute Gasteiger partial charge is 0.497 e. The summed E-state index contributed by atoms with van der Waals surface area (Å²) < 4.78 is 11.1. The number of piperazine rings is 1. The Morgan fingerprint density at radius 2 is 2.10 bits per heavy atom. The number of hydrogen-bond acceptors (Lipinski definition) is 7. The molecule has 2 aliphatic rings. The second-order valence-electron chi connectivity index (χ2n) is 7.52. The Bertz CT molecular complexity index is 1150. The Labute approximate surface area is 179 Å². The molecule has 3 heterocycles. The molecule has 0 radical (unpaired) electrons. The molecule has 3 aromatic rings. The number of anilines is 2. The van der Waals surface area contributed by atoms with E-state index in [1.54, 1.807) is 25.7 Å². The molecule has 158 valence electrons. The number of pyridine rings is 1. The fourth-order valence-electron chi connectivity index (χ4n) is 3.97. The summed E-state index contributed by atoms with van der Waals surface area (Å²) in [6.45, 7) is 3.55. The number of allylic oxidation sites excluding steroid dienone is 1. The minimum Gasteiger partial charge on any atom is -0.497 e. The number of rotatable bonds is 5. The first-order chi connectivity index (χ1) is 15.2. The molecule has 0 bridgehead atoms. The van der Waals surface area contributed by atoms with Gasteiger partial charge in [0, 0.05) is 44.4 Å². The quantitative estimate of drug-likeness (QED) is 0.659. The van der Waals surface area contributed by atoms with Crippen LogP contribution in [0.2, 0.25) is 0 Å². The van der Waals surface area contributed by atoms with Crippen LogP contribution in [0.25, 0.3) is 11.6 Å². The molecule has 0 saturated carbocycles. The molecular formula is C23H23N5O3. The topological polar surface area (TPSA) is 92.5 Å². The Balaban J connectivity index is 1.33. The molecule has 1 amide bonds. The van der Waals surface area contributed by atoms with Crippen molar-refractivity contribution in [3.05, 3.63) is 65.6 Å². The van der Waals surface area contributed by atoms with E-state index in [4.69, 9.17) is 9.15 Å². The van der Waals surface area contributed by atoms with Gasteiger partial charge in [-0.2, -0.15) is 0 Å². The summed E-state index contributed by atoms with van der Waals surface area (Å²) in [6, 6.07) is 7.89. The second kappa shape index (κ2) is 8.23. The summed E-state index contributed by atoms with van der Waals surface area (Å²) in [5, 5.41) is 6.24. The third-order valence-electron chi connectivity index (χ3n) is 5.58. The molecule has 0 spiro atoms. The van der Waals surface area contributed by atoms with E-state index in [-0.39, 0.29) is 5.89 Å². The second-order valence-corrected chi connectivity index (χ2v) is 7.52. The number of oxazole rings is 1. The number of amides is 1. The third-order valence-corrected chi connectivity index (χ3v) is 5.58. The van der Waals surface area contributed by atoms with Gasteiger partial charge in [-0.05, 0) is 35.4 Å². The van der Waals surface area contributed by atoms with Crippen LogP contribution >= 0.6 is 0 Å². The Kier molecular flexibility index (Phi) is 5.13. The minimum atomic E-state index is -0.395. The molecule has 1 saturated heterocycles. The lowest BCUT2D eigenvalue weighted by Gasteiger charge is -2.30. The Hall–Kier alpha value is -3.65. The van der Waals surface area contributed by atoms with E-state index in [9.17, 15) is 4.79 Å². The van der Waals surface area contributed by atoms with Gasteiger partial charge < -0.3 is 24.7 Å². The van der Waals surface area contributed by atoms with Gasteiger partial charge in [-0.25, -0.2) is 4.98 Å². The number of aromatic nitrogens is 2. The minimum absolute atomic E-state index is 0.0274. The van der Waals surface area contributed by atoms with Crippen molar-refractivity contribution >= 4 is 28.9 Å². The van der Waals surface area contributed by atoms with Crippen molar-refractivity contribution in [2.45, 2.75) is 6.42 Å². The first-order valence-electron chi connectivity index (χ1n) is 10.3. The van der Waals surface area contributed by atoms with E-state index in [0.29, 0.717) is 11.4 Å². The van der Waals surface area contributed by atoms with Crippen LogP contribution in [-0.4, -0.2) is 49.2 Å². The van der Waals surface area contributed by atoms with Crippen molar-refractivity contribution in [3.8, 4) is 5.75 Å². The van der Waals surface area contributed by atoms with Crippen LogP contribution < -0.4 is 20.3 Å². The van der Waals surface area contributed by atoms with Crippen molar-refractivity contribution in [3.63, 3.8) is 0 Å². The third kappa shape index (κ3) is 3.89. The molecule has 1 fully saturated rings. The molecular weight excluding hydrogens is 394 g/mol. The van der Waals surface area contributed by atoms with Crippen LogP contribution in [0.5, 0.6) is 5.75 Å². The molecule has 5 rings (SSSR count). The van der Waals surface area contributed by atoms with Gasteiger partial charge in [-0.3, -0.25) is 9.78 Å². The predicted molar refractivity (Wildman–Crippen MR) is 118 cm³/mol. The molecule has 8 heteroatoms. The summed E-state index contributed by atoms with van der Waals surface area (Å²) in [4.78, 5) is 23.4. The van der Waals surface area contributed by atoms with E-state index in [0.717, 1.165) is 55.2 Å². The number of ether oxygens (including phenoxy) is 1. The number of methoxy groups -OCH3 is 1. The van der Waals surface area contributed by atoms with Crippen LogP contribution in [0, 0.1) is 0 Å². The zero-order valence-corrected chi connectivity index (χ0v) is 17.2. The SMILES string of the molecule is COc1ccc2c(c1)C=C(c1cnc(C(=O)Nc3cnccc3N3CCNCC3)o1)C2. The summed E-state index contributed by atoms with van der Waals surface area (Å²) in [5.74, 6) is 1.03. The maximum atomic E-state index is 12.8. The number of benzene rings is 1. The van der Waals surface area contributed by atoms with E-state index >= 15 is 0 Å². The van der Waals surface area contributed by atoms with Crippen molar-refractivity contribution in [2.24, 2.45) is 0 Å². The number of nitrogens with one attached hydrogen (secondary N) is 2. The summed E-state index contributed by atoms with van der Waals surface area (Å²) in [6.07, 6.45) is 7.76. The number of carbonyl (C=O) groups is 1. The van der Waals surface area contributed by atoms with Crippen molar-refractivity contribution < 1.29 is 13.9 Å². The summed E-state index contributed by atoms with van der Waals surface area (Å²) >= 11 is 0. The highest BCUT2D eigenvalue weighted by atomic mass is 16.5. The highest BCUT2D eigenvalue weighted by Crippen LogP contribution is 2.34. The zero-order chi connectivity index (χ0) is 21.2. The van der Waals surface area contributed by atoms with Crippen molar-refractivity contribution in [2.75, 3.05) is 43.5 Å². The fourth-order valence-corrected chi connectivity index (χ4v) is 3.97. The number of fused-ring (bicyclic) bond motifs is 1. The molecule has 1 aliphatic carbocycles. The van der Waals surface area contributed by atoms with Gasteiger partial charge in [-0.15, -0.1) is 0 Å². The molecule has 8 nitrogen and oxygen atoms in total. The molecule has 31 heavy (non-hydrogen) atoms. The normalized spacial score (nSPS) is 15.4. The molecule has 2 N–H and O–H groups in total. The average molecular weight is 417 g/mol. The lowest BCUT2D eigenvalue weighted by molar-refractivity contribution is 0.0989. The highest BCUT2D eigenvalue weighted by molar-refractivity contribution is 6.03. The van der Waals surface area contributed by atoms with Crippen LogP contribution in [-0.2, 0) is 6.42 Å². The number of hydrogen-bond donors (Lipinski definition) is 2. The standard InChI is InChI=1S/C23H23N5O3/c1-30-18-3-2-15-10-17(11-16(15)12-18)21-14-26-23(31-21)22(29)27-19-13-25-5-4-20(19)28-8-6-24-7-9-28/h2-5,11-14,24H,6-10H2,1H3,(H,27,29). The maximum Gasteiger partial charge on any atom is 0.311 e. The van der Waals surface area contributed by atoms with Gasteiger partial charge in [0.05, 0.1) is 30.9 Å². The van der Waals surface area contributed by atoms with Crippen LogP contribution in [0.3, 0.4) is 0 Å². The van der Waals surface area contributed by atoms with E-state index in [1.165, 1.54) is 5.56 Å². The highest BCUT2D eigenvalue weighted by Gasteiger charge is 2.22. The molecule has 1 aliphatic heterocycles. The van der Waals surface area contributed by atoms with Crippen LogP contribution in [0.4, 0.5) is 11.4 Å². The van der Waals surface area contributed by atoms with Gasteiger partial charge in [0.2, 0.25) is 0 Å².